The van der Waals surface area contributed by atoms with E-state index in [9.17, 15) is 13.2 Å². The topological polar surface area (TPSA) is 84.5 Å². The fourth-order valence-corrected chi connectivity index (χ4v) is 3.43. The van der Waals surface area contributed by atoms with Gasteiger partial charge in [0.15, 0.2) is 0 Å². The first-order valence-electron chi connectivity index (χ1n) is 7.48. The van der Waals surface area contributed by atoms with Crippen LogP contribution >= 0.6 is 0 Å². The molecule has 0 spiro atoms. The van der Waals surface area contributed by atoms with Crippen LogP contribution in [0.1, 0.15) is 43.1 Å². The predicted molar refractivity (Wildman–Crippen MR) is 90.1 cm³/mol. The molecule has 0 aliphatic heterocycles. The maximum Gasteiger partial charge on any atom is 0.251 e. The number of sulfonamides is 1. The number of nitrogens with one attached hydrogen (secondary N) is 2. The summed E-state index contributed by atoms with van der Waals surface area (Å²) in [5, 5.41) is 2.77. The highest BCUT2D eigenvalue weighted by Crippen LogP contribution is 2.17. The third-order valence-electron chi connectivity index (χ3n) is 3.02. The van der Waals surface area contributed by atoms with E-state index in [1.807, 2.05) is 0 Å². The van der Waals surface area contributed by atoms with E-state index in [4.69, 9.17) is 4.74 Å². The van der Waals surface area contributed by atoms with Gasteiger partial charge in [0.2, 0.25) is 10.0 Å². The number of rotatable bonds is 7. The van der Waals surface area contributed by atoms with Gasteiger partial charge in [0.05, 0.1) is 4.90 Å². The molecule has 130 valence electrons. The van der Waals surface area contributed by atoms with Gasteiger partial charge in [-0.1, -0.05) is 6.07 Å². The highest BCUT2D eigenvalue weighted by molar-refractivity contribution is 7.89. The number of methoxy groups -OCH3 is 1. The Labute approximate surface area is 138 Å². The molecule has 0 aliphatic carbocycles. The lowest BCUT2D eigenvalue weighted by Crippen LogP contribution is -2.40. The van der Waals surface area contributed by atoms with Crippen LogP contribution in [-0.2, 0) is 14.8 Å². The molecule has 1 amide bonds. The van der Waals surface area contributed by atoms with Crippen molar-refractivity contribution >= 4 is 15.9 Å². The van der Waals surface area contributed by atoms with Crippen LogP contribution < -0.4 is 10.0 Å². The minimum absolute atomic E-state index is 0.0834. The third kappa shape index (κ3) is 6.29. The summed E-state index contributed by atoms with van der Waals surface area (Å²) in [6, 6.07) is 4.56. The lowest BCUT2D eigenvalue weighted by molar-refractivity contribution is 0.0948. The molecule has 0 aromatic heterocycles. The van der Waals surface area contributed by atoms with Crippen LogP contribution in [0.15, 0.2) is 23.1 Å². The summed E-state index contributed by atoms with van der Waals surface area (Å²) in [4.78, 5) is 12.3. The number of carbonyl (C=O) groups is 1. The number of hydrogen-bond donors (Lipinski definition) is 2. The van der Waals surface area contributed by atoms with E-state index >= 15 is 0 Å². The highest BCUT2D eigenvalue weighted by atomic mass is 32.2. The van der Waals surface area contributed by atoms with Crippen molar-refractivity contribution in [2.24, 2.45) is 0 Å². The molecule has 0 heterocycles. The Kier molecular flexibility index (Phi) is 6.73. The Morgan fingerprint density at radius 2 is 1.91 bits per heavy atom. The number of amides is 1. The zero-order valence-electron chi connectivity index (χ0n) is 14.4. The number of aryl methyl sites for hydroxylation is 1. The summed E-state index contributed by atoms with van der Waals surface area (Å²) < 4.78 is 32.3. The smallest absolute Gasteiger partial charge is 0.251 e. The Hall–Kier alpha value is -1.44. The van der Waals surface area contributed by atoms with Gasteiger partial charge in [-0.2, -0.15) is 0 Å². The summed E-state index contributed by atoms with van der Waals surface area (Å²) in [6.07, 6.45) is 0.699. The summed E-state index contributed by atoms with van der Waals surface area (Å²) in [5.74, 6) is -0.286. The van der Waals surface area contributed by atoms with Gasteiger partial charge >= 0.3 is 0 Å². The van der Waals surface area contributed by atoms with Crippen molar-refractivity contribution in [3.63, 3.8) is 0 Å². The molecule has 0 radical (unpaired) electrons. The summed E-state index contributed by atoms with van der Waals surface area (Å²) in [6.45, 7) is 8.11. The lowest BCUT2D eigenvalue weighted by Gasteiger charge is -2.20. The molecular formula is C16H26N2O4S. The molecular weight excluding hydrogens is 316 g/mol. The number of ether oxygens (including phenoxy) is 1. The zero-order valence-corrected chi connectivity index (χ0v) is 15.2. The first kappa shape index (κ1) is 19.6. The summed E-state index contributed by atoms with van der Waals surface area (Å²) in [5.41, 5.74) is 0.495. The Balaban J connectivity index is 2.97. The van der Waals surface area contributed by atoms with Crippen LogP contribution in [0, 0.1) is 6.92 Å². The highest BCUT2D eigenvalue weighted by Gasteiger charge is 2.23. The molecule has 23 heavy (non-hydrogen) atoms. The van der Waals surface area contributed by atoms with Crippen molar-refractivity contribution in [3.8, 4) is 0 Å². The molecule has 1 aromatic carbocycles. The molecule has 0 saturated heterocycles. The molecule has 0 saturated carbocycles. The van der Waals surface area contributed by atoms with Crippen molar-refractivity contribution in [1.82, 2.24) is 10.0 Å². The van der Waals surface area contributed by atoms with Crippen LogP contribution in [0.2, 0.25) is 0 Å². The average Bonchev–Trinajstić information content (AvgIpc) is 2.41. The van der Waals surface area contributed by atoms with Crippen LogP contribution in [0.5, 0.6) is 0 Å². The molecule has 1 aromatic rings. The van der Waals surface area contributed by atoms with Gasteiger partial charge in [-0.15, -0.1) is 0 Å². The molecule has 6 nitrogen and oxygen atoms in total. The van der Waals surface area contributed by atoms with E-state index < -0.39 is 15.6 Å². The summed E-state index contributed by atoms with van der Waals surface area (Å²) >= 11 is 0. The molecule has 0 aliphatic rings. The lowest BCUT2D eigenvalue weighted by atomic mass is 10.1. The predicted octanol–water partition coefficient (Wildman–Crippen LogP) is 1.84. The zero-order chi connectivity index (χ0) is 17.7. The number of benzene rings is 1. The van der Waals surface area contributed by atoms with Crippen LogP contribution in [0.25, 0.3) is 0 Å². The van der Waals surface area contributed by atoms with E-state index in [-0.39, 0.29) is 10.8 Å². The molecule has 7 heteroatoms. The van der Waals surface area contributed by atoms with Gasteiger partial charge in [-0.25, -0.2) is 13.1 Å². The fraction of sp³-hybridized carbons (Fsp3) is 0.562. The van der Waals surface area contributed by atoms with Crippen LogP contribution in [0.4, 0.5) is 0 Å². The van der Waals surface area contributed by atoms with Gasteiger partial charge in [0.25, 0.3) is 5.91 Å². The quantitative estimate of drug-likeness (QED) is 0.741. The van der Waals surface area contributed by atoms with E-state index in [1.54, 1.807) is 40.9 Å². The molecule has 0 atom stereocenters. The normalized spacial score (nSPS) is 12.2. The molecule has 0 fully saturated rings. The SMILES string of the molecule is COCCCNC(=O)c1cc(S(=O)(=O)NC(C)(C)C)ccc1C. The molecule has 2 N–H and O–H groups in total. The average molecular weight is 342 g/mol. The van der Waals surface area contributed by atoms with Crippen LogP contribution in [0.3, 0.4) is 0 Å². The summed E-state index contributed by atoms with van der Waals surface area (Å²) in [7, 11) is -2.07. The standard InChI is InChI=1S/C16H26N2O4S/c1-12-7-8-13(23(20,21)18-16(2,3)4)11-14(12)15(19)17-9-6-10-22-5/h7-8,11,18H,6,9-10H2,1-5H3,(H,17,19). The first-order chi connectivity index (χ1) is 10.6. The van der Waals surface area contributed by atoms with Crippen LogP contribution in [-0.4, -0.2) is 40.1 Å². The Bertz CT molecular complexity index is 649. The van der Waals surface area contributed by atoms with Gasteiger partial charge in [-0.3, -0.25) is 4.79 Å². The number of hydrogen-bond acceptors (Lipinski definition) is 4. The maximum atomic E-state index is 12.4. The molecule has 1 rings (SSSR count). The third-order valence-corrected chi connectivity index (χ3v) is 4.77. The van der Waals surface area contributed by atoms with Gasteiger partial charge in [-0.05, 0) is 51.8 Å². The maximum absolute atomic E-state index is 12.4. The second kappa shape index (κ2) is 7.90. The minimum Gasteiger partial charge on any atom is -0.385 e. The second-order valence-electron chi connectivity index (χ2n) is 6.43. The Morgan fingerprint density at radius 1 is 1.26 bits per heavy atom. The van der Waals surface area contributed by atoms with Gasteiger partial charge in [0, 0.05) is 31.4 Å². The Morgan fingerprint density at radius 3 is 2.48 bits per heavy atom. The van der Waals surface area contributed by atoms with Crippen molar-refractivity contribution in [3.05, 3.63) is 29.3 Å². The van der Waals surface area contributed by atoms with Gasteiger partial charge < -0.3 is 10.1 Å². The van der Waals surface area contributed by atoms with Gasteiger partial charge in [0.1, 0.15) is 0 Å². The minimum atomic E-state index is -3.67. The van der Waals surface area contributed by atoms with E-state index in [0.717, 1.165) is 5.56 Å². The number of carbonyl (C=O) groups excluding carboxylic acids is 1. The van der Waals surface area contributed by atoms with Crippen molar-refractivity contribution in [2.75, 3.05) is 20.3 Å². The van der Waals surface area contributed by atoms with E-state index in [1.165, 1.54) is 12.1 Å². The molecule has 0 unspecified atom stereocenters. The van der Waals surface area contributed by atoms with E-state index in [2.05, 4.69) is 10.0 Å². The van der Waals surface area contributed by atoms with Crippen molar-refractivity contribution in [2.45, 2.75) is 44.6 Å². The fourth-order valence-electron chi connectivity index (χ4n) is 1.99. The molecule has 0 bridgehead atoms. The van der Waals surface area contributed by atoms with E-state index in [0.29, 0.717) is 25.1 Å². The first-order valence-corrected chi connectivity index (χ1v) is 8.97. The van der Waals surface area contributed by atoms with Crippen molar-refractivity contribution in [1.29, 1.82) is 0 Å². The monoisotopic (exact) mass is 342 g/mol. The van der Waals surface area contributed by atoms with Crippen molar-refractivity contribution < 1.29 is 17.9 Å². The second-order valence-corrected chi connectivity index (χ2v) is 8.12. The largest absolute Gasteiger partial charge is 0.385 e.